The lowest BCUT2D eigenvalue weighted by atomic mass is 9.92. The summed E-state index contributed by atoms with van der Waals surface area (Å²) in [7, 11) is 5.50. The number of nitrogens with one attached hydrogen (secondary N) is 1. The van der Waals surface area contributed by atoms with Crippen LogP contribution in [0.25, 0.3) is 0 Å². The maximum Gasteiger partial charge on any atom is 0.269 e. The molecule has 1 aromatic rings. The van der Waals surface area contributed by atoms with Crippen LogP contribution in [0.1, 0.15) is 37.0 Å². The van der Waals surface area contributed by atoms with Gasteiger partial charge in [-0.3, -0.25) is 9.48 Å². The topological polar surface area (TPSA) is 70.4 Å². The van der Waals surface area contributed by atoms with E-state index in [1.54, 1.807) is 17.8 Å². The Bertz CT molecular complexity index is 460. The second kappa shape index (κ2) is 6.37. The fraction of sp³-hybridized carbons (Fsp3) is 0.714. The number of aliphatic hydroxyl groups is 1. The fourth-order valence-electron chi connectivity index (χ4n) is 1.83. The van der Waals surface area contributed by atoms with Crippen LogP contribution in [-0.4, -0.2) is 59.0 Å². The van der Waals surface area contributed by atoms with Gasteiger partial charge < -0.3 is 15.3 Å². The first-order chi connectivity index (χ1) is 9.11. The lowest BCUT2D eigenvalue weighted by Crippen LogP contribution is -2.38. The molecule has 1 heterocycles. The summed E-state index contributed by atoms with van der Waals surface area (Å²) in [5.74, 6) is -0.215. The van der Waals surface area contributed by atoms with E-state index >= 15 is 0 Å². The van der Waals surface area contributed by atoms with Crippen molar-refractivity contribution in [3.8, 4) is 0 Å². The molecule has 0 bridgehead atoms. The molecule has 6 nitrogen and oxygen atoms in total. The molecule has 1 amide bonds. The third-order valence-corrected chi connectivity index (χ3v) is 2.96. The maximum absolute atomic E-state index is 12.1. The third-order valence-electron chi connectivity index (χ3n) is 2.96. The molecule has 0 aromatic carbocycles. The van der Waals surface area contributed by atoms with Crippen molar-refractivity contribution in [2.24, 2.45) is 7.05 Å². The SMILES string of the molecule is CN(C)CC(O)CNC(=O)c1cc(C(C)(C)C)nn1C. The number of carbonyl (C=O) groups is 1. The average molecular weight is 282 g/mol. The number of nitrogens with zero attached hydrogens (tertiary/aromatic N) is 3. The Morgan fingerprint density at radius 2 is 2.10 bits per heavy atom. The van der Waals surface area contributed by atoms with Gasteiger partial charge in [-0.15, -0.1) is 0 Å². The van der Waals surface area contributed by atoms with Gasteiger partial charge >= 0.3 is 0 Å². The van der Waals surface area contributed by atoms with Gasteiger partial charge in [-0.05, 0) is 20.2 Å². The molecule has 6 heteroatoms. The second-order valence-corrected chi connectivity index (χ2v) is 6.41. The molecule has 1 atom stereocenters. The molecule has 0 radical (unpaired) electrons. The average Bonchev–Trinajstić information content (AvgIpc) is 2.67. The first-order valence-electron chi connectivity index (χ1n) is 6.76. The van der Waals surface area contributed by atoms with Crippen LogP contribution in [0.15, 0.2) is 6.07 Å². The summed E-state index contributed by atoms with van der Waals surface area (Å²) in [6.07, 6.45) is -0.579. The Labute approximate surface area is 120 Å². The van der Waals surface area contributed by atoms with Crippen LogP contribution in [0.4, 0.5) is 0 Å². The van der Waals surface area contributed by atoms with Crippen molar-refractivity contribution in [1.82, 2.24) is 20.0 Å². The molecule has 114 valence electrons. The molecule has 20 heavy (non-hydrogen) atoms. The predicted molar refractivity (Wildman–Crippen MR) is 78.8 cm³/mol. The molecule has 0 saturated heterocycles. The van der Waals surface area contributed by atoms with E-state index in [2.05, 4.69) is 31.2 Å². The number of hydrogen-bond acceptors (Lipinski definition) is 4. The molecule has 0 spiro atoms. The maximum atomic E-state index is 12.1. The highest BCUT2D eigenvalue weighted by atomic mass is 16.3. The van der Waals surface area contributed by atoms with E-state index in [-0.39, 0.29) is 17.9 Å². The van der Waals surface area contributed by atoms with Crippen molar-refractivity contribution in [1.29, 1.82) is 0 Å². The van der Waals surface area contributed by atoms with Crippen LogP contribution in [0.2, 0.25) is 0 Å². The molecule has 0 aliphatic rings. The van der Waals surface area contributed by atoms with E-state index in [1.807, 2.05) is 19.0 Å². The quantitative estimate of drug-likeness (QED) is 0.818. The van der Waals surface area contributed by atoms with Crippen LogP contribution < -0.4 is 5.32 Å². The van der Waals surface area contributed by atoms with Crippen molar-refractivity contribution in [2.45, 2.75) is 32.3 Å². The number of aromatic nitrogens is 2. The molecule has 1 unspecified atom stereocenters. The molecule has 0 aliphatic carbocycles. The first kappa shape index (κ1) is 16.7. The lowest BCUT2D eigenvalue weighted by molar-refractivity contribution is 0.0883. The molecule has 0 saturated carbocycles. The van der Waals surface area contributed by atoms with Gasteiger partial charge in [-0.25, -0.2) is 0 Å². The lowest BCUT2D eigenvalue weighted by Gasteiger charge is -2.16. The molecule has 1 rings (SSSR count). The Balaban J connectivity index is 2.67. The highest BCUT2D eigenvalue weighted by molar-refractivity contribution is 5.92. The standard InChI is InChI=1S/C14H26N4O2/c1-14(2,3)12-7-11(18(6)16-12)13(20)15-8-10(19)9-17(4)5/h7,10,19H,8-9H2,1-6H3,(H,15,20). The summed E-state index contributed by atoms with van der Waals surface area (Å²) in [6.45, 7) is 6.90. The number of hydrogen-bond donors (Lipinski definition) is 2. The van der Waals surface area contributed by atoms with Crippen LogP contribution in [0.3, 0.4) is 0 Å². The second-order valence-electron chi connectivity index (χ2n) is 6.41. The molecular formula is C14H26N4O2. The molecular weight excluding hydrogens is 256 g/mol. The minimum Gasteiger partial charge on any atom is -0.390 e. The Kier molecular flexibility index (Phi) is 5.30. The summed E-state index contributed by atoms with van der Waals surface area (Å²) in [5, 5.41) is 16.8. The van der Waals surface area contributed by atoms with E-state index in [1.165, 1.54) is 0 Å². The van der Waals surface area contributed by atoms with Crippen LogP contribution in [0, 0.1) is 0 Å². The van der Waals surface area contributed by atoms with Crippen molar-refractivity contribution >= 4 is 5.91 Å². The van der Waals surface area contributed by atoms with E-state index < -0.39 is 6.10 Å². The van der Waals surface area contributed by atoms with Crippen LogP contribution >= 0.6 is 0 Å². The van der Waals surface area contributed by atoms with Gasteiger partial charge in [-0.2, -0.15) is 5.10 Å². The molecule has 1 aromatic heterocycles. The minimum absolute atomic E-state index is 0.0965. The number of aryl methyl sites for hydroxylation is 1. The van der Waals surface area contributed by atoms with Crippen molar-refractivity contribution < 1.29 is 9.90 Å². The van der Waals surface area contributed by atoms with E-state index in [0.29, 0.717) is 12.2 Å². The van der Waals surface area contributed by atoms with Crippen molar-refractivity contribution in [3.05, 3.63) is 17.5 Å². The molecule has 2 N–H and O–H groups in total. The van der Waals surface area contributed by atoms with E-state index in [0.717, 1.165) is 5.69 Å². The fourth-order valence-corrected chi connectivity index (χ4v) is 1.83. The number of amides is 1. The van der Waals surface area contributed by atoms with Gasteiger partial charge in [0, 0.05) is 25.6 Å². The summed E-state index contributed by atoms with van der Waals surface area (Å²) in [4.78, 5) is 14.0. The van der Waals surface area contributed by atoms with Gasteiger partial charge in [-0.1, -0.05) is 20.8 Å². The monoisotopic (exact) mass is 282 g/mol. The van der Waals surface area contributed by atoms with E-state index in [4.69, 9.17) is 0 Å². The summed E-state index contributed by atoms with van der Waals surface area (Å²) in [5.41, 5.74) is 1.28. The zero-order chi connectivity index (χ0) is 15.5. The van der Waals surface area contributed by atoms with Crippen molar-refractivity contribution in [2.75, 3.05) is 27.2 Å². The van der Waals surface area contributed by atoms with Gasteiger partial charge in [0.1, 0.15) is 5.69 Å². The van der Waals surface area contributed by atoms with Gasteiger partial charge in [0.15, 0.2) is 0 Å². The third kappa shape index (κ3) is 4.61. The summed E-state index contributed by atoms with van der Waals surface area (Å²) >= 11 is 0. The number of aliphatic hydroxyl groups excluding tert-OH is 1. The normalized spacial score (nSPS) is 13.6. The number of rotatable bonds is 5. The Morgan fingerprint density at radius 3 is 2.55 bits per heavy atom. The summed E-state index contributed by atoms with van der Waals surface area (Å²) < 4.78 is 1.58. The molecule has 0 fully saturated rings. The number of likely N-dealkylation sites (N-methyl/N-ethyl adjacent to an activating group) is 1. The van der Waals surface area contributed by atoms with Crippen LogP contribution in [-0.2, 0) is 12.5 Å². The predicted octanol–water partition coefficient (Wildman–Crippen LogP) is 0.370. The Hall–Kier alpha value is -1.40. The first-order valence-corrected chi connectivity index (χ1v) is 6.76. The minimum atomic E-state index is -0.579. The van der Waals surface area contributed by atoms with E-state index in [9.17, 15) is 9.90 Å². The smallest absolute Gasteiger partial charge is 0.269 e. The Morgan fingerprint density at radius 1 is 1.50 bits per heavy atom. The summed E-state index contributed by atoms with van der Waals surface area (Å²) in [6, 6.07) is 1.80. The zero-order valence-corrected chi connectivity index (χ0v) is 13.3. The van der Waals surface area contributed by atoms with Crippen LogP contribution in [0.5, 0.6) is 0 Å². The highest BCUT2D eigenvalue weighted by Gasteiger charge is 2.21. The van der Waals surface area contributed by atoms with Gasteiger partial charge in [0.2, 0.25) is 0 Å². The highest BCUT2D eigenvalue weighted by Crippen LogP contribution is 2.21. The van der Waals surface area contributed by atoms with Gasteiger partial charge in [0.25, 0.3) is 5.91 Å². The van der Waals surface area contributed by atoms with Gasteiger partial charge in [0.05, 0.1) is 11.8 Å². The number of carbonyl (C=O) groups excluding carboxylic acids is 1. The molecule has 0 aliphatic heterocycles. The van der Waals surface area contributed by atoms with Crippen molar-refractivity contribution in [3.63, 3.8) is 0 Å². The largest absolute Gasteiger partial charge is 0.390 e. The zero-order valence-electron chi connectivity index (χ0n) is 13.3.